The van der Waals surface area contributed by atoms with E-state index in [1.165, 1.54) is 0 Å². The second-order valence-corrected chi connectivity index (χ2v) is 2.76. The van der Waals surface area contributed by atoms with Crippen LogP contribution in [0.2, 0.25) is 0 Å². The van der Waals surface area contributed by atoms with Crippen LogP contribution in [0.15, 0.2) is 12.1 Å². The molecule has 0 aliphatic heterocycles. The number of nitro benzene ring substituents is 2. The van der Waals surface area contributed by atoms with E-state index in [2.05, 4.69) is 0 Å². The normalized spacial score (nSPS) is 9.81. The molecular weight excluding hydrogens is 220 g/mol. The van der Waals surface area contributed by atoms with E-state index in [0.29, 0.717) is 6.07 Å². The van der Waals surface area contributed by atoms with Gasteiger partial charge in [-0.3, -0.25) is 20.2 Å². The molecule has 0 amide bonds. The monoisotopic (exact) mass is 228 g/mol. The smallest absolute Gasteiger partial charge is 0.318 e. The second kappa shape index (κ2) is 4.43. The molecule has 0 aliphatic carbocycles. The summed E-state index contributed by atoms with van der Waals surface area (Å²) in [5.41, 5.74) is -1.28. The Bertz CT molecular complexity index is 444. The molecule has 0 fully saturated rings. The number of phenolic OH excluding ortho intramolecular Hbond substituents is 1. The van der Waals surface area contributed by atoms with Crippen LogP contribution in [0.4, 0.5) is 11.4 Å². The number of nitro groups is 2. The lowest BCUT2D eigenvalue weighted by molar-refractivity contribution is -0.395. The maximum absolute atomic E-state index is 10.6. The van der Waals surface area contributed by atoms with Crippen LogP contribution in [-0.4, -0.2) is 21.6 Å². The third kappa shape index (κ3) is 2.16. The first-order valence-electron chi connectivity index (χ1n) is 4.26. The van der Waals surface area contributed by atoms with Crippen molar-refractivity contribution in [2.45, 2.75) is 6.92 Å². The lowest BCUT2D eigenvalue weighted by atomic mass is 10.2. The summed E-state index contributed by atoms with van der Waals surface area (Å²) in [6.07, 6.45) is 0. The average Bonchev–Trinajstić information content (AvgIpc) is 2.17. The van der Waals surface area contributed by atoms with Gasteiger partial charge in [-0.2, -0.15) is 0 Å². The van der Waals surface area contributed by atoms with Crippen LogP contribution in [0.25, 0.3) is 0 Å². The zero-order valence-corrected chi connectivity index (χ0v) is 8.24. The Hall–Kier alpha value is -2.38. The second-order valence-electron chi connectivity index (χ2n) is 2.76. The standard InChI is InChI=1S/C8H8N2O6/c1-2-16-8-4-7(11)5(9(12)13)3-6(8)10(14)15/h3-4,11H,2H2,1H3. The first-order chi connectivity index (χ1) is 7.47. The summed E-state index contributed by atoms with van der Waals surface area (Å²) < 4.78 is 4.89. The lowest BCUT2D eigenvalue weighted by Gasteiger charge is -2.04. The van der Waals surface area contributed by atoms with Gasteiger partial charge in [-0.05, 0) is 6.92 Å². The van der Waals surface area contributed by atoms with Gasteiger partial charge in [-0.15, -0.1) is 0 Å². The third-order valence-corrected chi connectivity index (χ3v) is 1.75. The quantitative estimate of drug-likeness (QED) is 0.618. The van der Waals surface area contributed by atoms with Gasteiger partial charge in [0.2, 0.25) is 5.75 Å². The predicted molar refractivity (Wildman–Crippen MR) is 52.6 cm³/mol. The maximum atomic E-state index is 10.6. The molecular formula is C8H8N2O6. The van der Waals surface area contributed by atoms with Gasteiger partial charge in [-0.25, -0.2) is 0 Å². The van der Waals surface area contributed by atoms with Crippen molar-refractivity contribution >= 4 is 11.4 Å². The van der Waals surface area contributed by atoms with Crippen molar-refractivity contribution in [1.29, 1.82) is 0 Å². The zero-order chi connectivity index (χ0) is 12.3. The molecule has 0 saturated carbocycles. The van der Waals surface area contributed by atoms with Crippen LogP contribution in [0, 0.1) is 20.2 Å². The molecule has 0 atom stereocenters. The molecule has 0 spiro atoms. The van der Waals surface area contributed by atoms with E-state index in [9.17, 15) is 25.3 Å². The largest absolute Gasteiger partial charge is 0.502 e. The summed E-state index contributed by atoms with van der Waals surface area (Å²) >= 11 is 0. The number of hydrogen-bond donors (Lipinski definition) is 1. The Kier molecular flexibility index (Phi) is 3.24. The minimum atomic E-state index is -0.905. The van der Waals surface area contributed by atoms with Crippen molar-refractivity contribution in [1.82, 2.24) is 0 Å². The van der Waals surface area contributed by atoms with E-state index in [1.807, 2.05) is 0 Å². The van der Waals surface area contributed by atoms with Crippen LogP contribution in [0.3, 0.4) is 0 Å². The highest BCUT2D eigenvalue weighted by atomic mass is 16.6. The van der Waals surface area contributed by atoms with E-state index in [0.717, 1.165) is 6.07 Å². The van der Waals surface area contributed by atoms with Gasteiger partial charge in [0.15, 0.2) is 5.75 Å². The van der Waals surface area contributed by atoms with Crippen molar-refractivity contribution in [2.75, 3.05) is 6.61 Å². The Morgan fingerprint density at radius 3 is 2.25 bits per heavy atom. The van der Waals surface area contributed by atoms with E-state index >= 15 is 0 Å². The first-order valence-corrected chi connectivity index (χ1v) is 4.26. The van der Waals surface area contributed by atoms with Crippen molar-refractivity contribution < 1.29 is 19.7 Å². The highest BCUT2D eigenvalue weighted by Gasteiger charge is 2.25. The maximum Gasteiger partial charge on any atom is 0.318 e. The molecule has 1 aromatic rings. The minimum absolute atomic E-state index is 0.151. The van der Waals surface area contributed by atoms with E-state index in [1.54, 1.807) is 6.92 Å². The Morgan fingerprint density at radius 2 is 1.81 bits per heavy atom. The Labute approximate surface area is 89.4 Å². The van der Waals surface area contributed by atoms with E-state index < -0.39 is 27.0 Å². The number of hydrogen-bond acceptors (Lipinski definition) is 6. The number of ether oxygens (including phenoxy) is 1. The summed E-state index contributed by atoms with van der Waals surface area (Å²) in [7, 11) is 0. The summed E-state index contributed by atoms with van der Waals surface area (Å²) in [5.74, 6) is -0.866. The minimum Gasteiger partial charge on any atom is -0.502 e. The fraction of sp³-hybridized carbons (Fsp3) is 0.250. The van der Waals surface area contributed by atoms with Crippen molar-refractivity contribution in [3.63, 3.8) is 0 Å². The molecule has 0 unspecified atom stereocenters. The first kappa shape index (κ1) is 11.7. The van der Waals surface area contributed by atoms with Gasteiger partial charge in [0.1, 0.15) is 6.07 Å². The van der Waals surface area contributed by atoms with Crippen molar-refractivity contribution in [3.8, 4) is 11.5 Å². The van der Waals surface area contributed by atoms with Crippen LogP contribution >= 0.6 is 0 Å². The molecule has 8 heteroatoms. The number of phenols is 1. The van der Waals surface area contributed by atoms with Gasteiger partial charge < -0.3 is 9.84 Å². The molecule has 16 heavy (non-hydrogen) atoms. The van der Waals surface area contributed by atoms with Gasteiger partial charge in [0.05, 0.1) is 16.5 Å². The van der Waals surface area contributed by atoms with Crippen molar-refractivity contribution in [3.05, 3.63) is 32.4 Å². The van der Waals surface area contributed by atoms with Crippen LogP contribution < -0.4 is 4.74 Å². The van der Waals surface area contributed by atoms with Gasteiger partial charge in [-0.1, -0.05) is 0 Å². The Morgan fingerprint density at radius 1 is 1.25 bits per heavy atom. The molecule has 0 aromatic heterocycles. The highest BCUT2D eigenvalue weighted by molar-refractivity contribution is 5.60. The molecule has 1 N–H and O–H groups in total. The molecule has 86 valence electrons. The molecule has 0 bridgehead atoms. The van der Waals surface area contributed by atoms with Crippen molar-refractivity contribution in [2.24, 2.45) is 0 Å². The Balaban J connectivity index is 3.36. The SMILES string of the molecule is CCOc1cc(O)c([N+](=O)[O-])cc1[N+](=O)[O-]. The average molecular weight is 228 g/mol. The summed E-state index contributed by atoms with van der Waals surface area (Å²) in [6.45, 7) is 1.75. The van der Waals surface area contributed by atoms with Gasteiger partial charge in [0, 0.05) is 6.07 Å². The zero-order valence-electron chi connectivity index (χ0n) is 8.24. The van der Waals surface area contributed by atoms with Gasteiger partial charge in [0.25, 0.3) is 0 Å². The number of benzene rings is 1. The molecule has 8 nitrogen and oxygen atoms in total. The summed E-state index contributed by atoms with van der Waals surface area (Å²) in [5, 5.41) is 30.3. The van der Waals surface area contributed by atoms with Crippen LogP contribution in [0.5, 0.6) is 11.5 Å². The molecule has 0 saturated heterocycles. The van der Waals surface area contributed by atoms with E-state index in [4.69, 9.17) is 4.74 Å². The molecule has 0 heterocycles. The fourth-order valence-corrected chi connectivity index (χ4v) is 1.11. The van der Waals surface area contributed by atoms with E-state index in [-0.39, 0.29) is 12.4 Å². The lowest BCUT2D eigenvalue weighted by Crippen LogP contribution is -1.99. The topological polar surface area (TPSA) is 116 Å². The third-order valence-electron chi connectivity index (χ3n) is 1.75. The highest BCUT2D eigenvalue weighted by Crippen LogP contribution is 2.38. The van der Waals surface area contributed by atoms with Crippen LogP contribution in [0.1, 0.15) is 6.92 Å². The predicted octanol–water partition coefficient (Wildman–Crippen LogP) is 1.61. The number of aromatic hydroxyl groups is 1. The number of rotatable bonds is 4. The van der Waals surface area contributed by atoms with Crippen LogP contribution in [-0.2, 0) is 0 Å². The summed E-state index contributed by atoms with van der Waals surface area (Å²) in [4.78, 5) is 19.3. The molecule has 1 aromatic carbocycles. The molecule has 0 aliphatic rings. The molecule has 1 rings (SSSR count). The summed E-state index contributed by atoms with van der Waals surface area (Å²) in [6, 6.07) is 1.53. The molecule has 0 radical (unpaired) electrons. The number of nitrogens with zero attached hydrogens (tertiary/aromatic N) is 2. The van der Waals surface area contributed by atoms with Gasteiger partial charge >= 0.3 is 11.4 Å². The fourth-order valence-electron chi connectivity index (χ4n) is 1.11.